The van der Waals surface area contributed by atoms with Crippen LogP contribution in [0.25, 0.3) is 0 Å². The first-order valence-electron chi connectivity index (χ1n) is 5.66. The van der Waals surface area contributed by atoms with Gasteiger partial charge in [0.25, 0.3) is 5.91 Å². The van der Waals surface area contributed by atoms with E-state index in [0.29, 0.717) is 37.2 Å². The van der Waals surface area contributed by atoms with Crippen molar-refractivity contribution in [2.75, 3.05) is 6.61 Å². The second kappa shape index (κ2) is 7.29. The van der Waals surface area contributed by atoms with Crippen LogP contribution in [0.2, 0.25) is 0 Å². The molecule has 0 heterocycles. The highest BCUT2D eigenvalue weighted by Gasteiger charge is 2.07. The number of nitrogens with one attached hydrogen (secondary N) is 1. The predicted molar refractivity (Wildman–Crippen MR) is 66.6 cm³/mol. The molecule has 0 bridgehead atoms. The molecule has 0 aliphatic heterocycles. The molecule has 0 spiro atoms. The SMILES string of the molecule is NNC(=O)CCCCOc1ccccc1C(N)=O. The molecule has 1 aromatic rings. The fraction of sp³-hybridized carbons (Fsp3) is 0.333. The number of hydrazine groups is 1. The Hall–Kier alpha value is -2.08. The zero-order chi connectivity index (χ0) is 13.4. The molecular weight excluding hydrogens is 234 g/mol. The Morgan fingerprint density at radius 1 is 1.22 bits per heavy atom. The summed E-state index contributed by atoms with van der Waals surface area (Å²) in [7, 11) is 0. The van der Waals surface area contributed by atoms with Gasteiger partial charge in [0.2, 0.25) is 5.91 Å². The Morgan fingerprint density at radius 2 is 1.94 bits per heavy atom. The Morgan fingerprint density at radius 3 is 2.61 bits per heavy atom. The van der Waals surface area contributed by atoms with Crippen LogP contribution < -0.4 is 21.7 Å². The Labute approximate surface area is 105 Å². The van der Waals surface area contributed by atoms with E-state index in [9.17, 15) is 9.59 Å². The number of primary amides is 1. The molecule has 0 aromatic heterocycles. The van der Waals surface area contributed by atoms with Crippen LogP contribution in [0.4, 0.5) is 0 Å². The third-order valence-electron chi connectivity index (χ3n) is 2.37. The van der Waals surface area contributed by atoms with E-state index in [4.69, 9.17) is 16.3 Å². The maximum absolute atomic E-state index is 11.1. The number of para-hydroxylation sites is 1. The zero-order valence-corrected chi connectivity index (χ0v) is 10.0. The number of unbranched alkanes of at least 4 members (excludes halogenated alkanes) is 1. The van der Waals surface area contributed by atoms with E-state index in [-0.39, 0.29) is 5.91 Å². The lowest BCUT2D eigenvalue weighted by Crippen LogP contribution is -2.29. The molecule has 5 N–H and O–H groups in total. The number of carbonyl (C=O) groups is 2. The highest BCUT2D eigenvalue weighted by Crippen LogP contribution is 2.17. The van der Waals surface area contributed by atoms with Crippen molar-refractivity contribution in [3.8, 4) is 5.75 Å². The highest BCUT2D eigenvalue weighted by atomic mass is 16.5. The lowest BCUT2D eigenvalue weighted by atomic mass is 10.2. The number of benzene rings is 1. The Bertz CT molecular complexity index is 421. The summed E-state index contributed by atoms with van der Waals surface area (Å²) in [5.74, 6) is 4.69. The third kappa shape index (κ3) is 4.42. The van der Waals surface area contributed by atoms with Crippen LogP contribution in [0.5, 0.6) is 5.75 Å². The van der Waals surface area contributed by atoms with Crippen LogP contribution >= 0.6 is 0 Å². The van der Waals surface area contributed by atoms with E-state index >= 15 is 0 Å². The van der Waals surface area contributed by atoms with Crippen LogP contribution in [-0.2, 0) is 4.79 Å². The molecule has 0 fully saturated rings. The van der Waals surface area contributed by atoms with Crippen molar-refractivity contribution in [2.45, 2.75) is 19.3 Å². The van der Waals surface area contributed by atoms with Crippen molar-refractivity contribution in [3.63, 3.8) is 0 Å². The topological polar surface area (TPSA) is 107 Å². The second-order valence-corrected chi connectivity index (χ2v) is 3.73. The van der Waals surface area contributed by atoms with E-state index in [2.05, 4.69) is 5.43 Å². The molecule has 6 heteroatoms. The Balaban J connectivity index is 2.35. The summed E-state index contributed by atoms with van der Waals surface area (Å²) < 4.78 is 5.45. The lowest BCUT2D eigenvalue weighted by molar-refractivity contribution is -0.121. The summed E-state index contributed by atoms with van der Waals surface area (Å²) in [5, 5.41) is 0. The molecule has 1 aromatic carbocycles. The molecule has 0 saturated heterocycles. The first-order chi connectivity index (χ1) is 8.65. The predicted octanol–water partition coefficient (Wildman–Crippen LogP) is 0.324. The van der Waals surface area contributed by atoms with Crippen LogP contribution in [0.3, 0.4) is 0 Å². The average Bonchev–Trinajstić information content (AvgIpc) is 2.38. The third-order valence-corrected chi connectivity index (χ3v) is 2.37. The molecule has 0 aliphatic carbocycles. The van der Waals surface area contributed by atoms with Gasteiger partial charge in [-0.05, 0) is 25.0 Å². The Kier molecular flexibility index (Phi) is 5.66. The molecule has 0 atom stereocenters. The summed E-state index contributed by atoms with van der Waals surface area (Å²) in [6, 6.07) is 6.79. The van der Waals surface area contributed by atoms with Gasteiger partial charge in [0.05, 0.1) is 12.2 Å². The van der Waals surface area contributed by atoms with Gasteiger partial charge in [-0.3, -0.25) is 15.0 Å². The van der Waals surface area contributed by atoms with Crippen LogP contribution in [0.1, 0.15) is 29.6 Å². The van der Waals surface area contributed by atoms with Crippen LogP contribution in [0, 0.1) is 0 Å². The van der Waals surface area contributed by atoms with Gasteiger partial charge in [-0.2, -0.15) is 0 Å². The van der Waals surface area contributed by atoms with Gasteiger partial charge in [0.1, 0.15) is 5.75 Å². The molecule has 98 valence electrons. The van der Waals surface area contributed by atoms with Crippen molar-refractivity contribution < 1.29 is 14.3 Å². The number of hydrogen-bond donors (Lipinski definition) is 3. The molecule has 6 nitrogen and oxygen atoms in total. The summed E-state index contributed by atoms with van der Waals surface area (Å²) in [5.41, 5.74) is 7.63. The lowest BCUT2D eigenvalue weighted by Gasteiger charge is -2.08. The average molecular weight is 251 g/mol. The minimum atomic E-state index is -0.520. The standard InChI is InChI=1S/C12H17N3O3/c13-12(17)9-5-1-2-6-10(9)18-8-4-3-7-11(16)15-14/h1-2,5-6H,3-4,7-8,14H2,(H2,13,17)(H,15,16). The largest absolute Gasteiger partial charge is 0.493 e. The minimum Gasteiger partial charge on any atom is -0.493 e. The van der Waals surface area contributed by atoms with Gasteiger partial charge in [-0.15, -0.1) is 0 Å². The fourth-order valence-electron chi connectivity index (χ4n) is 1.44. The normalized spacial score (nSPS) is 9.83. The summed E-state index contributed by atoms with van der Waals surface area (Å²) in [4.78, 5) is 22.0. The number of rotatable bonds is 7. The highest BCUT2D eigenvalue weighted by molar-refractivity contribution is 5.95. The fourth-order valence-corrected chi connectivity index (χ4v) is 1.44. The smallest absolute Gasteiger partial charge is 0.252 e. The van der Waals surface area contributed by atoms with Crippen LogP contribution in [-0.4, -0.2) is 18.4 Å². The molecule has 0 aliphatic rings. The molecular formula is C12H17N3O3. The van der Waals surface area contributed by atoms with Crippen molar-refractivity contribution in [1.29, 1.82) is 0 Å². The van der Waals surface area contributed by atoms with E-state index in [1.807, 2.05) is 0 Å². The number of hydrogen-bond acceptors (Lipinski definition) is 4. The number of nitrogens with two attached hydrogens (primary N) is 2. The van der Waals surface area contributed by atoms with Gasteiger partial charge in [0, 0.05) is 6.42 Å². The number of amides is 2. The summed E-state index contributed by atoms with van der Waals surface area (Å²) in [6.07, 6.45) is 1.72. The first kappa shape index (κ1) is 14.0. The quantitative estimate of drug-likeness (QED) is 0.281. The maximum atomic E-state index is 11.1. The molecule has 0 saturated carbocycles. The van der Waals surface area contributed by atoms with Gasteiger partial charge in [0.15, 0.2) is 0 Å². The molecule has 18 heavy (non-hydrogen) atoms. The van der Waals surface area contributed by atoms with Crippen molar-refractivity contribution in [3.05, 3.63) is 29.8 Å². The van der Waals surface area contributed by atoms with Crippen molar-refractivity contribution in [2.24, 2.45) is 11.6 Å². The van der Waals surface area contributed by atoms with Crippen molar-refractivity contribution in [1.82, 2.24) is 5.43 Å². The molecule has 2 amide bonds. The van der Waals surface area contributed by atoms with Gasteiger partial charge < -0.3 is 10.5 Å². The molecule has 0 unspecified atom stereocenters. The number of ether oxygens (including phenoxy) is 1. The zero-order valence-electron chi connectivity index (χ0n) is 10.0. The van der Waals surface area contributed by atoms with E-state index in [1.54, 1.807) is 24.3 Å². The van der Waals surface area contributed by atoms with E-state index < -0.39 is 5.91 Å². The molecule has 0 radical (unpaired) electrons. The van der Waals surface area contributed by atoms with Crippen molar-refractivity contribution >= 4 is 11.8 Å². The second-order valence-electron chi connectivity index (χ2n) is 3.73. The minimum absolute atomic E-state index is 0.201. The van der Waals surface area contributed by atoms with E-state index in [0.717, 1.165) is 0 Å². The maximum Gasteiger partial charge on any atom is 0.252 e. The van der Waals surface area contributed by atoms with Gasteiger partial charge in [-0.1, -0.05) is 12.1 Å². The monoisotopic (exact) mass is 251 g/mol. The number of carbonyl (C=O) groups excluding carboxylic acids is 2. The van der Waals surface area contributed by atoms with Gasteiger partial charge >= 0.3 is 0 Å². The first-order valence-corrected chi connectivity index (χ1v) is 5.66. The summed E-state index contributed by atoms with van der Waals surface area (Å²) in [6.45, 7) is 0.419. The molecule has 1 rings (SSSR count). The van der Waals surface area contributed by atoms with E-state index in [1.165, 1.54) is 0 Å². The van der Waals surface area contributed by atoms with Crippen LogP contribution in [0.15, 0.2) is 24.3 Å². The summed E-state index contributed by atoms with van der Waals surface area (Å²) >= 11 is 0. The van der Waals surface area contributed by atoms with Gasteiger partial charge in [-0.25, -0.2) is 5.84 Å².